The predicted molar refractivity (Wildman–Crippen MR) is 173 cm³/mol. The molecule has 0 saturated carbocycles. The van der Waals surface area contributed by atoms with Crippen LogP contribution in [0.15, 0.2) is 71.3 Å². The number of esters is 1. The first-order valence-corrected chi connectivity index (χ1v) is 16.2. The van der Waals surface area contributed by atoms with Crippen LogP contribution in [0, 0.1) is 5.82 Å². The molecule has 0 saturated heterocycles. The van der Waals surface area contributed by atoms with Crippen molar-refractivity contribution in [1.82, 2.24) is 10.1 Å². The van der Waals surface area contributed by atoms with Crippen LogP contribution < -0.4 is 4.74 Å². The molecule has 1 aromatic heterocycles. The van der Waals surface area contributed by atoms with Crippen LogP contribution >= 0.6 is 0 Å². The smallest absolute Gasteiger partial charge is 0.338 e. The summed E-state index contributed by atoms with van der Waals surface area (Å²) in [5.74, 6) is 0.397. The van der Waals surface area contributed by atoms with Crippen LogP contribution in [0.4, 0.5) is 4.39 Å². The van der Waals surface area contributed by atoms with E-state index in [1.54, 1.807) is 30.3 Å². The fourth-order valence-electron chi connectivity index (χ4n) is 5.01. The number of unbranched alkanes of at least 4 members (excludes halogenated alkanes) is 10. The third-order valence-corrected chi connectivity index (χ3v) is 7.69. The van der Waals surface area contributed by atoms with Gasteiger partial charge in [0.2, 0.25) is 5.82 Å². The highest BCUT2D eigenvalue weighted by atomic mass is 19.1. The second-order valence-corrected chi connectivity index (χ2v) is 11.2. The van der Waals surface area contributed by atoms with Crippen molar-refractivity contribution in [2.45, 2.75) is 90.9 Å². The maximum atomic E-state index is 14.7. The van der Waals surface area contributed by atoms with Gasteiger partial charge in [0.05, 0.1) is 18.8 Å². The fourth-order valence-corrected chi connectivity index (χ4v) is 5.01. The van der Waals surface area contributed by atoms with Gasteiger partial charge < -0.3 is 14.0 Å². The van der Waals surface area contributed by atoms with Gasteiger partial charge in [-0.1, -0.05) is 114 Å². The summed E-state index contributed by atoms with van der Waals surface area (Å²) in [4.78, 5) is 16.9. The zero-order chi connectivity index (χ0) is 31.0. The molecule has 0 amide bonds. The second-order valence-electron chi connectivity index (χ2n) is 11.2. The number of hydrogen-bond donors (Lipinski definition) is 0. The number of benzene rings is 3. The fraction of sp³-hybridized carbons (Fsp3) is 0.432. The molecule has 44 heavy (non-hydrogen) atoms. The number of halogens is 1. The van der Waals surface area contributed by atoms with Gasteiger partial charge in [-0.05, 0) is 60.4 Å². The molecule has 4 rings (SSSR count). The zero-order valence-corrected chi connectivity index (χ0v) is 26.2. The van der Waals surface area contributed by atoms with Crippen molar-refractivity contribution in [3.8, 4) is 39.7 Å². The monoisotopic (exact) mass is 600 g/mol. The third-order valence-electron chi connectivity index (χ3n) is 7.69. The molecule has 0 aliphatic rings. The van der Waals surface area contributed by atoms with Gasteiger partial charge in [-0.15, -0.1) is 0 Å². The van der Waals surface area contributed by atoms with E-state index < -0.39 is 0 Å². The Kier molecular flexibility index (Phi) is 13.4. The Bertz CT molecular complexity index is 1420. The lowest BCUT2D eigenvalue weighted by Crippen LogP contribution is -2.06. The van der Waals surface area contributed by atoms with Crippen LogP contribution in [0.5, 0.6) is 5.75 Å². The minimum atomic E-state index is -0.365. The summed E-state index contributed by atoms with van der Waals surface area (Å²) in [6, 6.07) is 19.6. The van der Waals surface area contributed by atoms with E-state index in [-0.39, 0.29) is 17.5 Å². The summed E-state index contributed by atoms with van der Waals surface area (Å²) in [5.41, 5.74) is 3.61. The Morgan fingerprint density at radius 1 is 0.682 bits per heavy atom. The molecule has 6 nitrogen and oxygen atoms in total. The second kappa shape index (κ2) is 18.0. The highest BCUT2D eigenvalue weighted by Crippen LogP contribution is 2.29. The van der Waals surface area contributed by atoms with E-state index in [0.717, 1.165) is 47.9 Å². The van der Waals surface area contributed by atoms with E-state index in [0.29, 0.717) is 30.5 Å². The number of hydrogen-bond acceptors (Lipinski definition) is 6. The molecule has 234 valence electrons. The van der Waals surface area contributed by atoms with Crippen LogP contribution in [0.3, 0.4) is 0 Å². The van der Waals surface area contributed by atoms with Crippen LogP contribution in [-0.2, 0) is 4.74 Å². The van der Waals surface area contributed by atoms with Crippen LogP contribution in [-0.4, -0.2) is 29.3 Å². The number of nitrogens with zero attached hydrogens (tertiary/aromatic N) is 2. The Morgan fingerprint density at radius 2 is 1.25 bits per heavy atom. The number of ether oxygens (including phenoxy) is 2. The molecule has 0 atom stereocenters. The first kappa shape index (κ1) is 32.9. The molecule has 3 aromatic carbocycles. The molecule has 0 aliphatic heterocycles. The molecule has 1 heterocycles. The van der Waals surface area contributed by atoms with E-state index in [4.69, 9.17) is 14.0 Å². The van der Waals surface area contributed by atoms with Crippen molar-refractivity contribution >= 4 is 5.97 Å². The first-order chi connectivity index (χ1) is 21.6. The van der Waals surface area contributed by atoms with Gasteiger partial charge in [-0.3, -0.25) is 0 Å². The lowest BCUT2D eigenvalue weighted by molar-refractivity contribution is 0.0497. The molecule has 0 radical (unpaired) electrons. The Labute approximate surface area is 261 Å². The first-order valence-electron chi connectivity index (χ1n) is 16.2. The van der Waals surface area contributed by atoms with Gasteiger partial charge in [0.25, 0.3) is 5.89 Å². The average molecular weight is 601 g/mol. The molecule has 0 bridgehead atoms. The topological polar surface area (TPSA) is 74.5 Å². The molecule has 0 aliphatic carbocycles. The van der Waals surface area contributed by atoms with Crippen molar-refractivity contribution in [3.05, 3.63) is 78.1 Å². The molecular formula is C37H45FN2O4. The summed E-state index contributed by atoms with van der Waals surface area (Å²) in [5, 5.41) is 4.11. The van der Waals surface area contributed by atoms with Gasteiger partial charge >= 0.3 is 5.97 Å². The lowest BCUT2D eigenvalue weighted by atomic mass is 10.0. The quantitative estimate of drug-likeness (QED) is 0.0787. The van der Waals surface area contributed by atoms with Crippen molar-refractivity contribution in [2.75, 3.05) is 13.2 Å². The molecule has 0 fully saturated rings. The Balaban J connectivity index is 1.27. The Morgan fingerprint density at radius 3 is 1.91 bits per heavy atom. The van der Waals surface area contributed by atoms with E-state index in [9.17, 15) is 9.18 Å². The summed E-state index contributed by atoms with van der Waals surface area (Å²) in [7, 11) is 0. The van der Waals surface area contributed by atoms with E-state index in [1.165, 1.54) is 57.4 Å². The van der Waals surface area contributed by atoms with E-state index in [2.05, 4.69) is 24.0 Å². The Hall–Kier alpha value is -4.00. The number of carbonyl (C=O) groups excluding carboxylic acids is 1. The summed E-state index contributed by atoms with van der Waals surface area (Å²) < 4.78 is 31.3. The number of carbonyl (C=O) groups is 1. The molecule has 0 unspecified atom stereocenters. The third kappa shape index (κ3) is 10.0. The van der Waals surface area contributed by atoms with Gasteiger partial charge in [-0.25, -0.2) is 9.18 Å². The van der Waals surface area contributed by atoms with Gasteiger partial charge in [0.15, 0.2) is 11.6 Å². The van der Waals surface area contributed by atoms with Crippen molar-refractivity contribution in [3.63, 3.8) is 0 Å². The maximum absolute atomic E-state index is 14.7. The minimum absolute atomic E-state index is 0.287. The molecular weight excluding hydrogens is 555 g/mol. The average Bonchev–Trinajstić information content (AvgIpc) is 3.55. The van der Waals surface area contributed by atoms with Gasteiger partial charge in [0, 0.05) is 11.1 Å². The largest absolute Gasteiger partial charge is 0.491 e. The summed E-state index contributed by atoms with van der Waals surface area (Å²) in [6.07, 6.45) is 13.8. The maximum Gasteiger partial charge on any atom is 0.338 e. The van der Waals surface area contributed by atoms with E-state index in [1.807, 2.05) is 30.3 Å². The molecule has 7 heteroatoms. The van der Waals surface area contributed by atoms with Crippen molar-refractivity contribution < 1.29 is 23.2 Å². The normalized spacial score (nSPS) is 11.1. The predicted octanol–water partition coefficient (Wildman–Crippen LogP) is 10.5. The van der Waals surface area contributed by atoms with Gasteiger partial charge in [-0.2, -0.15) is 4.98 Å². The SMILES string of the molecule is CCCCCCCCOC(=O)c1ccc(-c2noc(-c3ccc(-c4ccc(OCCCCCCCC)c(F)c4)cc3)n2)cc1. The van der Waals surface area contributed by atoms with Crippen LogP contribution in [0.25, 0.3) is 34.0 Å². The standard InChI is InChI=1S/C37H45FN2O4/c1-3-5-7-9-11-13-25-42-34-24-23-32(27-33(34)38)28-15-19-30(20-16-28)36-39-35(40-44-36)29-17-21-31(22-18-29)37(41)43-26-14-12-10-8-6-4-2/h15-24,27H,3-14,25-26H2,1-2H3. The molecule has 0 N–H and O–H groups in total. The zero-order valence-electron chi connectivity index (χ0n) is 26.2. The van der Waals surface area contributed by atoms with Crippen LogP contribution in [0.1, 0.15) is 101 Å². The highest BCUT2D eigenvalue weighted by Gasteiger charge is 2.13. The van der Waals surface area contributed by atoms with E-state index >= 15 is 0 Å². The minimum Gasteiger partial charge on any atom is -0.491 e. The van der Waals surface area contributed by atoms with Crippen molar-refractivity contribution in [1.29, 1.82) is 0 Å². The lowest BCUT2D eigenvalue weighted by Gasteiger charge is -2.09. The summed E-state index contributed by atoms with van der Waals surface area (Å²) in [6.45, 7) is 5.37. The highest BCUT2D eigenvalue weighted by molar-refractivity contribution is 5.89. The van der Waals surface area contributed by atoms with Crippen molar-refractivity contribution in [2.24, 2.45) is 0 Å². The van der Waals surface area contributed by atoms with Crippen LogP contribution in [0.2, 0.25) is 0 Å². The molecule has 0 spiro atoms. The number of aromatic nitrogens is 2. The summed E-state index contributed by atoms with van der Waals surface area (Å²) >= 11 is 0. The van der Waals surface area contributed by atoms with Gasteiger partial charge in [0.1, 0.15) is 0 Å². The number of rotatable bonds is 19. The molecule has 4 aromatic rings.